The second-order valence-electron chi connectivity index (χ2n) is 2.78. The summed E-state index contributed by atoms with van der Waals surface area (Å²) in [5.41, 5.74) is 0. The molecule has 4 heteroatoms. The zero-order chi connectivity index (χ0) is 9.36. The number of rotatable bonds is 7. The third kappa shape index (κ3) is 4.95. The molecule has 74 valence electrons. The number of unbranched alkanes of at least 4 members (excludes halogenated alkanes) is 3. The number of aliphatic hydroxyl groups excluding tert-OH is 1. The number of nitrogens with zero attached hydrogens (tertiary/aromatic N) is 1. The summed E-state index contributed by atoms with van der Waals surface area (Å²) in [5.74, 6) is 1.05. The lowest BCUT2D eigenvalue weighted by Crippen LogP contribution is -1.85. The molecule has 1 rings (SSSR count). The van der Waals surface area contributed by atoms with E-state index in [4.69, 9.17) is 9.52 Å². The van der Waals surface area contributed by atoms with Gasteiger partial charge in [0.25, 0.3) is 5.22 Å². The van der Waals surface area contributed by atoms with Gasteiger partial charge < -0.3 is 9.52 Å². The molecule has 0 aliphatic carbocycles. The minimum atomic E-state index is 0.312. The number of oxazole rings is 1. The second kappa shape index (κ2) is 6.97. The maximum Gasteiger partial charge on any atom is 0.255 e. The van der Waals surface area contributed by atoms with Gasteiger partial charge in [-0.3, -0.25) is 0 Å². The van der Waals surface area contributed by atoms with Crippen LogP contribution in [-0.4, -0.2) is 22.5 Å². The van der Waals surface area contributed by atoms with Crippen LogP contribution in [0.3, 0.4) is 0 Å². The monoisotopic (exact) mass is 201 g/mol. The highest BCUT2D eigenvalue weighted by atomic mass is 32.2. The summed E-state index contributed by atoms with van der Waals surface area (Å²) < 4.78 is 5.07. The van der Waals surface area contributed by atoms with E-state index in [2.05, 4.69) is 4.98 Å². The van der Waals surface area contributed by atoms with Gasteiger partial charge in [-0.1, -0.05) is 24.6 Å². The molecule has 0 aromatic carbocycles. The van der Waals surface area contributed by atoms with E-state index < -0.39 is 0 Å². The molecular weight excluding hydrogens is 186 g/mol. The lowest BCUT2D eigenvalue weighted by molar-refractivity contribution is 0.283. The van der Waals surface area contributed by atoms with Gasteiger partial charge in [-0.25, -0.2) is 4.98 Å². The van der Waals surface area contributed by atoms with Crippen LogP contribution in [0.25, 0.3) is 0 Å². The number of aromatic nitrogens is 1. The van der Waals surface area contributed by atoms with Crippen molar-refractivity contribution < 1.29 is 9.52 Å². The lowest BCUT2D eigenvalue weighted by Gasteiger charge is -1.97. The Morgan fingerprint density at radius 3 is 2.85 bits per heavy atom. The molecule has 0 aliphatic heterocycles. The van der Waals surface area contributed by atoms with Crippen LogP contribution in [0.2, 0.25) is 0 Å². The summed E-state index contributed by atoms with van der Waals surface area (Å²) in [7, 11) is 0. The summed E-state index contributed by atoms with van der Waals surface area (Å²) in [6, 6.07) is 0. The van der Waals surface area contributed by atoms with E-state index in [1.807, 2.05) is 0 Å². The maximum absolute atomic E-state index is 8.54. The highest BCUT2D eigenvalue weighted by Crippen LogP contribution is 2.16. The van der Waals surface area contributed by atoms with E-state index in [1.165, 1.54) is 6.42 Å². The van der Waals surface area contributed by atoms with Crippen LogP contribution in [0.1, 0.15) is 25.7 Å². The molecule has 0 radical (unpaired) electrons. The van der Waals surface area contributed by atoms with E-state index in [0.717, 1.165) is 30.2 Å². The molecule has 0 fully saturated rings. The van der Waals surface area contributed by atoms with E-state index in [9.17, 15) is 0 Å². The van der Waals surface area contributed by atoms with Crippen LogP contribution in [0.15, 0.2) is 22.1 Å². The highest BCUT2D eigenvalue weighted by Gasteiger charge is 1.97. The number of hydrogen-bond donors (Lipinski definition) is 1. The Morgan fingerprint density at radius 2 is 2.15 bits per heavy atom. The van der Waals surface area contributed by atoms with Crippen molar-refractivity contribution in [1.82, 2.24) is 4.98 Å². The second-order valence-corrected chi connectivity index (χ2v) is 3.83. The van der Waals surface area contributed by atoms with Gasteiger partial charge in [0.05, 0.1) is 6.20 Å². The quantitative estimate of drug-likeness (QED) is 0.543. The fraction of sp³-hybridized carbons (Fsp3) is 0.667. The largest absolute Gasteiger partial charge is 0.440 e. The summed E-state index contributed by atoms with van der Waals surface area (Å²) in [6.07, 6.45) is 7.62. The fourth-order valence-electron chi connectivity index (χ4n) is 1.01. The Hall–Kier alpha value is -0.480. The fourth-order valence-corrected chi connectivity index (χ4v) is 1.79. The van der Waals surface area contributed by atoms with Crippen LogP contribution in [0, 0.1) is 0 Å². The molecule has 0 saturated carbocycles. The summed E-state index contributed by atoms with van der Waals surface area (Å²) in [6.45, 7) is 0.312. The van der Waals surface area contributed by atoms with Gasteiger partial charge >= 0.3 is 0 Å². The van der Waals surface area contributed by atoms with Crippen molar-refractivity contribution in [2.24, 2.45) is 0 Å². The third-order valence-electron chi connectivity index (χ3n) is 1.69. The molecule has 1 aromatic rings. The van der Waals surface area contributed by atoms with Crippen LogP contribution < -0.4 is 0 Å². The first kappa shape index (κ1) is 10.6. The molecule has 0 saturated heterocycles. The van der Waals surface area contributed by atoms with Crippen molar-refractivity contribution in [2.45, 2.75) is 30.9 Å². The molecule has 0 unspecified atom stereocenters. The van der Waals surface area contributed by atoms with Crippen molar-refractivity contribution in [3.63, 3.8) is 0 Å². The number of hydrogen-bond acceptors (Lipinski definition) is 4. The molecule has 1 aromatic heterocycles. The Balaban J connectivity index is 1.90. The molecule has 0 aliphatic rings. The normalized spacial score (nSPS) is 10.5. The minimum absolute atomic E-state index is 0.312. The molecule has 0 atom stereocenters. The molecule has 13 heavy (non-hydrogen) atoms. The van der Waals surface area contributed by atoms with Crippen molar-refractivity contribution >= 4 is 11.8 Å². The molecule has 1 N–H and O–H groups in total. The molecule has 0 amide bonds. The van der Waals surface area contributed by atoms with Crippen molar-refractivity contribution in [1.29, 1.82) is 0 Å². The van der Waals surface area contributed by atoms with Crippen LogP contribution in [0.5, 0.6) is 0 Å². The molecule has 3 nitrogen and oxygen atoms in total. The molecular formula is C9H15NO2S. The SMILES string of the molecule is OCCCCCCSc1ncco1. The first-order chi connectivity index (χ1) is 6.43. The van der Waals surface area contributed by atoms with E-state index in [1.54, 1.807) is 24.2 Å². The summed E-state index contributed by atoms with van der Waals surface area (Å²) in [5, 5.41) is 9.29. The predicted octanol–water partition coefficient (Wildman–Crippen LogP) is 2.32. The van der Waals surface area contributed by atoms with Crippen LogP contribution in [0.4, 0.5) is 0 Å². The Kier molecular flexibility index (Phi) is 5.69. The van der Waals surface area contributed by atoms with Crippen molar-refractivity contribution in [2.75, 3.05) is 12.4 Å². The van der Waals surface area contributed by atoms with Gasteiger partial charge in [-0.15, -0.1) is 0 Å². The van der Waals surface area contributed by atoms with Gasteiger partial charge in [-0.2, -0.15) is 0 Å². The molecule has 0 bridgehead atoms. The minimum Gasteiger partial charge on any atom is -0.440 e. The van der Waals surface area contributed by atoms with Gasteiger partial charge in [-0.05, 0) is 12.8 Å². The average molecular weight is 201 g/mol. The van der Waals surface area contributed by atoms with E-state index >= 15 is 0 Å². The Bertz CT molecular complexity index is 201. The zero-order valence-electron chi connectivity index (χ0n) is 7.61. The first-order valence-electron chi connectivity index (χ1n) is 4.56. The standard InChI is InChI=1S/C9H15NO2S/c11-6-3-1-2-4-8-13-9-10-5-7-12-9/h5,7,11H,1-4,6,8H2. The molecule has 0 spiro atoms. The first-order valence-corrected chi connectivity index (χ1v) is 5.55. The van der Waals surface area contributed by atoms with Gasteiger partial charge in [0.1, 0.15) is 6.26 Å². The third-order valence-corrected chi connectivity index (χ3v) is 2.63. The Labute approximate surface area is 82.6 Å². The smallest absolute Gasteiger partial charge is 0.255 e. The van der Waals surface area contributed by atoms with Gasteiger partial charge in [0, 0.05) is 12.4 Å². The van der Waals surface area contributed by atoms with Crippen LogP contribution in [-0.2, 0) is 0 Å². The van der Waals surface area contributed by atoms with Gasteiger partial charge in [0.15, 0.2) is 0 Å². The van der Waals surface area contributed by atoms with E-state index in [-0.39, 0.29) is 0 Å². The van der Waals surface area contributed by atoms with Crippen molar-refractivity contribution in [3.05, 3.63) is 12.5 Å². The highest BCUT2D eigenvalue weighted by molar-refractivity contribution is 7.99. The van der Waals surface area contributed by atoms with E-state index in [0.29, 0.717) is 6.61 Å². The predicted molar refractivity (Wildman–Crippen MR) is 52.8 cm³/mol. The lowest BCUT2D eigenvalue weighted by atomic mass is 10.2. The zero-order valence-corrected chi connectivity index (χ0v) is 8.42. The van der Waals surface area contributed by atoms with Gasteiger partial charge in [0.2, 0.25) is 0 Å². The average Bonchev–Trinajstić information content (AvgIpc) is 2.63. The maximum atomic E-state index is 8.54. The van der Waals surface area contributed by atoms with Crippen LogP contribution >= 0.6 is 11.8 Å². The topological polar surface area (TPSA) is 46.3 Å². The van der Waals surface area contributed by atoms with Crippen molar-refractivity contribution in [3.8, 4) is 0 Å². The summed E-state index contributed by atoms with van der Waals surface area (Å²) in [4.78, 5) is 4.01. The number of thioether (sulfide) groups is 1. The Morgan fingerprint density at radius 1 is 1.31 bits per heavy atom. The molecule has 1 heterocycles. The number of aliphatic hydroxyl groups is 1. The summed E-state index contributed by atoms with van der Waals surface area (Å²) >= 11 is 1.64.